The molecule has 4 rings (SSSR count). The summed E-state index contributed by atoms with van der Waals surface area (Å²) in [5.74, 6) is 0.439. The Kier molecular flexibility index (Phi) is 5.28. The number of benzene rings is 1. The van der Waals surface area contributed by atoms with Crippen LogP contribution in [0.4, 0.5) is 5.69 Å². The Hall–Kier alpha value is -3.59. The molecule has 0 saturated carbocycles. The summed E-state index contributed by atoms with van der Waals surface area (Å²) in [6, 6.07) is 8.81. The van der Waals surface area contributed by atoms with E-state index in [1.54, 1.807) is 36.7 Å². The fourth-order valence-electron chi connectivity index (χ4n) is 3.18. The SMILES string of the molecule is CNC(=O)c1sccc1NC(=O)c1c(C)ccn(Cc2ccc3c(c2)OCO3)c1=O. The molecule has 2 aromatic heterocycles. The van der Waals surface area contributed by atoms with E-state index in [9.17, 15) is 14.4 Å². The number of carbonyl (C=O) groups excluding carboxylic acids is 2. The van der Waals surface area contributed by atoms with Gasteiger partial charge in [-0.25, -0.2) is 0 Å². The molecule has 0 atom stereocenters. The third-order valence-electron chi connectivity index (χ3n) is 4.74. The lowest BCUT2D eigenvalue weighted by Crippen LogP contribution is -2.31. The lowest BCUT2D eigenvalue weighted by Gasteiger charge is -2.12. The average Bonchev–Trinajstić information content (AvgIpc) is 3.38. The molecule has 0 radical (unpaired) electrons. The van der Waals surface area contributed by atoms with Gasteiger partial charge in [0.1, 0.15) is 10.4 Å². The zero-order chi connectivity index (χ0) is 21.3. The van der Waals surface area contributed by atoms with Gasteiger partial charge in [0.05, 0.1) is 12.2 Å². The summed E-state index contributed by atoms with van der Waals surface area (Å²) in [5.41, 5.74) is 1.39. The fourth-order valence-corrected chi connectivity index (χ4v) is 3.98. The number of aryl methyl sites for hydroxylation is 1. The molecule has 9 heteroatoms. The molecule has 3 aromatic rings. The zero-order valence-corrected chi connectivity index (χ0v) is 17.2. The smallest absolute Gasteiger partial charge is 0.263 e. The number of pyridine rings is 1. The number of fused-ring (bicyclic) bond motifs is 1. The molecule has 3 heterocycles. The number of nitrogens with one attached hydrogen (secondary N) is 2. The van der Waals surface area contributed by atoms with E-state index >= 15 is 0 Å². The Balaban J connectivity index is 1.61. The number of amides is 2. The largest absolute Gasteiger partial charge is 0.454 e. The lowest BCUT2D eigenvalue weighted by molar-refractivity contribution is 0.0968. The van der Waals surface area contributed by atoms with Crippen LogP contribution in [0.2, 0.25) is 0 Å². The molecule has 0 aliphatic carbocycles. The van der Waals surface area contributed by atoms with E-state index in [1.807, 2.05) is 12.1 Å². The van der Waals surface area contributed by atoms with E-state index in [1.165, 1.54) is 23.0 Å². The zero-order valence-electron chi connectivity index (χ0n) is 16.4. The van der Waals surface area contributed by atoms with Crippen LogP contribution >= 0.6 is 11.3 Å². The molecule has 1 aliphatic rings. The first kappa shape index (κ1) is 19.7. The number of hydrogen-bond donors (Lipinski definition) is 2. The molecular weight excluding hydrogens is 406 g/mol. The number of ether oxygens (including phenoxy) is 2. The van der Waals surface area contributed by atoms with Crippen LogP contribution in [0.5, 0.6) is 11.5 Å². The van der Waals surface area contributed by atoms with Crippen molar-refractivity contribution in [3.8, 4) is 11.5 Å². The highest BCUT2D eigenvalue weighted by molar-refractivity contribution is 7.12. The topological polar surface area (TPSA) is 98.7 Å². The third kappa shape index (κ3) is 3.67. The number of nitrogens with zero attached hydrogens (tertiary/aromatic N) is 1. The summed E-state index contributed by atoms with van der Waals surface area (Å²) in [6.45, 7) is 2.15. The van der Waals surface area contributed by atoms with Crippen molar-refractivity contribution in [2.45, 2.75) is 13.5 Å². The molecule has 0 saturated heterocycles. The monoisotopic (exact) mass is 425 g/mol. The summed E-state index contributed by atoms with van der Waals surface area (Å²) in [4.78, 5) is 38.3. The van der Waals surface area contributed by atoms with Crippen LogP contribution in [0.15, 0.2) is 46.7 Å². The van der Waals surface area contributed by atoms with E-state index in [2.05, 4.69) is 10.6 Å². The Morgan fingerprint density at radius 3 is 2.73 bits per heavy atom. The van der Waals surface area contributed by atoms with E-state index in [0.717, 1.165) is 5.56 Å². The van der Waals surface area contributed by atoms with E-state index in [4.69, 9.17) is 9.47 Å². The second-order valence-electron chi connectivity index (χ2n) is 6.69. The van der Waals surface area contributed by atoms with Gasteiger partial charge in [0, 0.05) is 13.2 Å². The van der Waals surface area contributed by atoms with Crippen molar-refractivity contribution >= 4 is 28.8 Å². The van der Waals surface area contributed by atoms with Crippen LogP contribution in [-0.4, -0.2) is 30.2 Å². The highest BCUT2D eigenvalue weighted by Crippen LogP contribution is 2.32. The van der Waals surface area contributed by atoms with Gasteiger partial charge >= 0.3 is 0 Å². The molecule has 30 heavy (non-hydrogen) atoms. The van der Waals surface area contributed by atoms with Crippen molar-refractivity contribution in [3.05, 3.63) is 73.8 Å². The average molecular weight is 425 g/mol. The molecule has 0 fully saturated rings. The fraction of sp³-hybridized carbons (Fsp3) is 0.190. The maximum atomic E-state index is 13.0. The van der Waals surface area contributed by atoms with Crippen LogP contribution in [-0.2, 0) is 6.54 Å². The molecule has 0 spiro atoms. The molecule has 2 amide bonds. The van der Waals surface area contributed by atoms with E-state index in [0.29, 0.717) is 27.6 Å². The molecule has 8 nitrogen and oxygen atoms in total. The Morgan fingerprint density at radius 1 is 1.13 bits per heavy atom. The minimum atomic E-state index is -0.555. The molecule has 1 aliphatic heterocycles. The quantitative estimate of drug-likeness (QED) is 0.655. The van der Waals surface area contributed by atoms with Crippen LogP contribution in [0.25, 0.3) is 0 Å². The molecule has 154 valence electrons. The summed E-state index contributed by atoms with van der Waals surface area (Å²) >= 11 is 1.21. The van der Waals surface area contributed by atoms with Crippen molar-refractivity contribution in [2.75, 3.05) is 19.2 Å². The number of hydrogen-bond acceptors (Lipinski definition) is 6. The summed E-state index contributed by atoms with van der Waals surface area (Å²) in [6.07, 6.45) is 1.65. The van der Waals surface area contributed by atoms with Gasteiger partial charge in [-0.2, -0.15) is 0 Å². The van der Waals surface area contributed by atoms with Gasteiger partial charge in [-0.1, -0.05) is 6.07 Å². The summed E-state index contributed by atoms with van der Waals surface area (Å²) in [7, 11) is 1.52. The summed E-state index contributed by atoms with van der Waals surface area (Å²) in [5, 5.41) is 6.93. The molecule has 2 N–H and O–H groups in total. The Labute approximate surface area is 176 Å². The van der Waals surface area contributed by atoms with Crippen molar-refractivity contribution < 1.29 is 19.1 Å². The molecule has 1 aromatic carbocycles. The molecule has 0 bridgehead atoms. The van der Waals surface area contributed by atoms with Gasteiger partial charge in [0.15, 0.2) is 11.5 Å². The van der Waals surface area contributed by atoms with Gasteiger partial charge in [0.25, 0.3) is 17.4 Å². The molecular formula is C21H19N3O5S. The predicted molar refractivity (Wildman–Crippen MR) is 113 cm³/mol. The second-order valence-corrected chi connectivity index (χ2v) is 7.61. The van der Waals surface area contributed by atoms with Gasteiger partial charge in [-0.3, -0.25) is 14.4 Å². The van der Waals surface area contributed by atoms with Gasteiger partial charge in [-0.05, 0) is 47.7 Å². The van der Waals surface area contributed by atoms with Gasteiger partial charge in [0.2, 0.25) is 6.79 Å². The van der Waals surface area contributed by atoms with Crippen LogP contribution < -0.4 is 25.7 Å². The van der Waals surface area contributed by atoms with Crippen LogP contribution in [0.1, 0.15) is 31.2 Å². The molecule has 0 unspecified atom stereocenters. The normalized spacial score (nSPS) is 11.9. The predicted octanol–water partition coefficient (Wildman–Crippen LogP) is 2.61. The van der Waals surface area contributed by atoms with Gasteiger partial charge < -0.3 is 24.7 Å². The van der Waals surface area contributed by atoms with Crippen molar-refractivity contribution in [2.24, 2.45) is 0 Å². The van der Waals surface area contributed by atoms with Crippen molar-refractivity contribution in [1.82, 2.24) is 9.88 Å². The summed E-state index contributed by atoms with van der Waals surface area (Å²) < 4.78 is 12.2. The van der Waals surface area contributed by atoms with Crippen molar-refractivity contribution in [3.63, 3.8) is 0 Å². The standard InChI is InChI=1S/C21H19N3O5S/c1-12-5-7-24(10-13-3-4-15-16(9-13)29-11-28-15)21(27)17(12)19(25)23-14-6-8-30-18(14)20(26)22-2/h3-9H,10-11H2,1-2H3,(H,22,26)(H,23,25). The first-order valence-corrected chi connectivity index (χ1v) is 10.1. The lowest BCUT2D eigenvalue weighted by atomic mass is 10.1. The van der Waals surface area contributed by atoms with E-state index < -0.39 is 11.5 Å². The van der Waals surface area contributed by atoms with Gasteiger partial charge in [-0.15, -0.1) is 11.3 Å². The number of aromatic nitrogens is 1. The third-order valence-corrected chi connectivity index (χ3v) is 5.65. The minimum absolute atomic E-state index is 0.0345. The Bertz CT molecular complexity index is 1200. The highest BCUT2D eigenvalue weighted by atomic mass is 32.1. The maximum absolute atomic E-state index is 13.0. The van der Waals surface area contributed by atoms with Crippen LogP contribution in [0.3, 0.4) is 0 Å². The van der Waals surface area contributed by atoms with E-state index in [-0.39, 0.29) is 24.8 Å². The van der Waals surface area contributed by atoms with Crippen LogP contribution in [0, 0.1) is 6.92 Å². The minimum Gasteiger partial charge on any atom is -0.454 e. The number of anilines is 1. The highest BCUT2D eigenvalue weighted by Gasteiger charge is 2.20. The maximum Gasteiger partial charge on any atom is 0.263 e. The number of carbonyl (C=O) groups is 2. The Morgan fingerprint density at radius 2 is 1.93 bits per heavy atom. The first-order valence-electron chi connectivity index (χ1n) is 9.17. The number of rotatable bonds is 5. The van der Waals surface area contributed by atoms with Crippen molar-refractivity contribution in [1.29, 1.82) is 0 Å². The second kappa shape index (κ2) is 8.03. The number of thiophene rings is 1. The first-order chi connectivity index (χ1) is 14.5.